The van der Waals surface area contributed by atoms with Crippen LogP contribution in [-0.4, -0.2) is 44.0 Å². The van der Waals surface area contributed by atoms with Gasteiger partial charge in [0.15, 0.2) is 22.2 Å². The van der Waals surface area contributed by atoms with E-state index < -0.39 is 5.97 Å². The lowest BCUT2D eigenvalue weighted by Crippen LogP contribution is -2.15. The second-order valence-corrected chi connectivity index (χ2v) is 9.62. The number of hydrogen-bond acceptors (Lipinski definition) is 9. The number of amides is 1. The first-order chi connectivity index (χ1) is 16.2. The summed E-state index contributed by atoms with van der Waals surface area (Å²) in [5.74, 6) is 0.784. The number of carbonyl (C=O) groups is 2. The number of ether oxygens (including phenoxy) is 2. The van der Waals surface area contributed by atoms with Gasteiger partial charge in [0, 0.05) is 11.6 Å². The van der Waals surface area contributed by atoms with Gasteiger partial charge in [-0.05, 0) is 58.4 Å². The van der Waals surface area contributed by atoms with E-state index in [9.17, 15) is 9.59 Å². The number of carbonyl (C=O) groups excluding carboxylic acids is 2. The van der Waals surface area contributed by atoms with Gasteiger partial charge >= 0.3 is 5.97 Å². The molecule has 3 rings (SSSR count). The number of rotatable bonds is 10. The van der Waals surface area contributed by atoms with Gasteiger partial charge in [-0.2, -0.15) is 0 Å². The van der Waals surface area contributed by atoms with E-state index in [-0.39, 0.29) is 24.4 Å². The molecule has 2 heterocycles. The number of hydrogen-bond donors (Lipinski definition) is 1. The molecule has 9 nitrogen and oxygen atoms in total. The lowest BCUT2D eigenvalue weighted by molar-refractivity contribution is -0.113. The monoisotopic (exact) mass is 523 g/mol. The van der Waals surface area contributed by atoms with Gasteiger partial charge in [0.05, 0.1) is 18.1 Å². The fraction of sp³-hybridized carbons (Fsp3) is 0.409. The maximum Gasteiger partial charge on any atom is 0.350 e. The molecule has 0 aliphatic heterocycles. The average molecular weight is 524 g/mol. The summed E-state index contributed by atoms with van der Waals surface area (Å²) in [5, 5.41) is 12.9. The Morgan fingerprint density at radius 3 is 2.71 bits per heavy atom. The van der Waals surface area contributed by atoms with Crippen LogP contribution in [0.1, 0.15) is 53.6 Å². The smallest absolute Gasteiger partial charge is 0.350 e. The lowest BCUT2D eigenvalue weighted by Gasteiger charge is -2.17. The summed E-state index contributed by atoms with van der Waals surface area (Å²) >= 11 is 8.38. The van der Waals surface area contributed by atoms with Crippen LogP contribution in [0.5, 0.6) is 5.75 Å². The molecule has 0 aliphatic rings. The SMILES string of the molecule is CCOC(=O)c1sc(NC(=O)CSc2nnc(C(C)Oc3ccc(Cl)cc3C)n2CC)nc1C. The molecule has 2 aromatic heterocycles. The van der Waals surface area contributed by atoms with E-state index in [4.69, 9.17) is 21.1 Å². The fourth-order valence-corrected chi connectivity index (χ4v) is 5.03. The molecule has 0 bridgehead atoms. The van der Waals surface area contributed by atoms with Gasteiger partial charge < -0.3 is 19.4 Å². The van der Waals surface area contributed by atoms with Crippen LogP contribution in [0.15, 0.2) is 23.4 Å². The molecule has 0 saturated carbocycles. The van der Waals surface area contributed by atoms with Gasteiger partial charge in [-0.15, -0.1) is 10.2 Å². The molecule has 0 fully saturated rings. The molecule has 12 heteroatoms. The second kappa shape index (κ2) is 11.7. The summed E-state index contributed by atoms with van der Waals surface area (Å²) in [6.07, 6.45) is -0.352. The van der Waals surface area contributed by atoms with Crippen LogP contribution < -0.4 is 10.1 Å². The minimum Gasteiger partial charge on any atom is -0.482 e. The van der Waals surface area contributed by atoms with Gasteiger partial charge in [0.1, 0.15) is 10.6 Å². The van der Waals surface area contributed by atoms with E-state index in [0.29, 0.717) is 38.3 Å². The van der Waals surface area contributed by atoms with E-state index in [1.165, 1.54) is 11.8 Å². The molecule has 0 spiro atoms. The average Bonchev–Trinajstić information content (AvgIpc) is 3.37. The van der Waals surface area contributed by atoms with E-state index in [2.05, 4.69) is 20.5 Å². The Labute approximate surface area is 211 Å². The van der Waals surface area contributed by atoms with Crippen LogP contribution >= 0.6 is 34.7 Å². The molecular formula is C22H26ClN5O4S2. The Balaban J connectivity index is 1.62. The second-order valence-electron chi connectivity index (χ2n) is 7.25. The molecule has 0 aliphatic carbocycles. The predicted octanol–water partition coefficient (Wildman–Crippen LogP) is 5.07. The highest BCUT2D eigenvalue weighted by atomic mass is 35.5. The van der Waals surface area contributed by atoms with Crippen LogP contribution in [0, 0.1) is 13.8 Å². The van der Waals surface area contributed by atoms with Crippen molar-refractivity contribution in [1.29, 1.82) is 0 Å². The molecular weight excluding hydrogens is 498 g/mol. The Morgan fingerprint density at radius 2 is 2.03 bits per heavy atom. The predicted molar refractivity (Wildman–Crippen MR) is 133 cm³/mol. The largest absolute Gasteiger partial charge is 0.482 e. The summed E-state index contributed by atoms with van der Waals surface area (Å²) in [5.41, 5.74) is 1.45. The van der Waals surface area contributed by atoms with E-state index >= 15 is 0 Å². The molecule has 1 atom stereocenters. The first-order valence-corrected chi connectivity index (χ1v) is 12.8. The third-order valence-electron chi connectivity index (χ3n) is 4.70. The molecule has 0 radical (unpaired) electrons. The summed E-state index contributed by atoms with van der Waals surface area (Å²) < 4.78 is 13.0. The summed E-state index contributed by atoms with van der Waals surface area (Å²) in [6.45, 7) is 10.1. The first-order valence-electron chi connectivity index (χ1n) is 10.7. The van der Waals surface area contributed by atoms with Crippen LogP contribution in [-0.2, 0) is 16.1 Å². The number of thioether (sulfide) groups is 1. The van der Waals surface area contributed by atoms with Gasteiger partial charge in [-0.1, -0.05) is 34.7 Å². The number of aromatic nitrogens is 4. The van der Waals surface area contributed by atoms with E-state index in [1.54, 1.807) is 19.9 Å². The van der Waals surface area contributed by atoms with E-state index in [1.807, 2.05) is 37.5 Å². The Bertz CT molecular complexity index is 1180. The molecule has 1 N–H and O–H groups in total. The van der Waals surface area contributed by atoms with Gasteiger partial charge in [-0.3, -0.25) is 4.79 Å². The molecule has 1 amide bonds. The highest BCUT2D eigenvalue weighted by Gasteiger charge is 2.21. The number of anilines is 1. The highest BCUT2D eigenvalue weighted by molar-refractivity contribution is 7.99. The van der Waals surface area contributed by atoms with Crippen molar-refractivity contribution in [2.24, 2.45) is 0 Å². The Hall–Kier alpha value is -2.63. The number of nitrogens with one attached hydrogen (secondary N) is 1. The van der Waals surface area contributed by atoms with Crippen molar-refractivity contribution >= 4 is 51.7 Å². The number of esters is 1. The van der Waals surface area contributed by atoms with Crippen LogP contribution in [0.2, 0.25) is 5.02 Å². The minimum atomic E-state index is -0.443. The quantitative estimate of drug-likeness (QED) is 0.290. The highest BCUT2D eigenvalue weighted by Crippen LogP contribution is 2.29. The van der Waals surface area contributed by atoms with Crippen LogP contribution in [0.25, 0.3) is 0 Å². The fourth-order valence-electron chi connectivity index (χ4n) is 3.11. The lowest BCUT2D eigenvalue weighted by atomic mass is 10.2. The van der Waals surface area contributed by atoms with Gasteiger partial charge in [-0.25, -0.2) is 9.78 Å². The third-order valence-corrected chi connectivity index (χ3v) is 6.96. The van der Waals surface area contributed by atoms with Crippen molar-refractivity contribution in [2.45, 2.75) is 52.4 Å². The standard InChI is InChI=1S/C22H26ClN5O4S2/c1-6-28-19(14(5)32-16-9-8-15(23)10-12(16)3)26-27-22(28)33-11-17(29)25-21-24-13(4)18(34-21)20(30)31-7-2/h8-10,14H,6-7,11H2,1-5H3,(H,24,25,29). The number of nitrogens with zero attached hydrogens (tertiary/aromatic N) is 4. The maximum absolute atomic E-state index is 12.5. The molecule has 34 heavy (non-hydrogen) atoms. The summed E-state index contributed by atoms with van der Waals surface area (Å²) in [6, 6.07) is 5.45. The first kappa shape index (κ1) is 26.0. The number of halogens is 1. The van der Waals surface area contributed by atoms with E-state index in [0.717, 1.165) is 22.6 Å². The zero-order valence-electron chi connectivity index (χ0n) is 19.5. The van der Waals surface area contributed by atoms with Crippen LogP contribution in [0.4, 0.5) is 5.13 Å². The number of aryl methyl sites for hydroxylation is 2. The minimum absolute atomic E-state index is 0.108. The third kappa shape index (κ3) is 6.28. The molecule has 182 valence electrons. The molecule has 1 aromatic carbocycles. The zero-order chi connectivity index (χ0) is 24.8. The van der Waals surface area contributed by atoms with Crippen molar-refractivity contribution in [1.82, 2.24) is 19.7 Å². The maximum atomic E-state index is 12.5. The number of thiazole rings is 1. The Morgan fingerprint density at radius 1 is 1.26 bits per heavy atom. The summed E-state index contributed by atoms with van der Waals surface area (Å²) in [4.78, 5) is 29.0. The molecule has 0 saturated heterocycles. The Kier molecular flexibility index (Phi) is 8.92. The van der Waals surface area contributed by atoms with Crippen LogP contribution in [0.3, 0.4) is 0 Å². The number of benzene rings is 1. The molecule has 1 unspecified atom stereocenters. The van der Waals surface area contributed by atoms with Crippen molar-refractivity contribution in [3.63, 3.8) is 0 Å². The van der Waals surface area contributed by atoms with Crippen molar-refractivity contribution < 1.29 is 19.1 Å². The topological polar surface area (TPSA) is 108 Å². The van der Waals surface area contributed by atoms with Gasteiger partial charge in [0.25, 0.3) is 0 Å². The van der Waals surface area contributed by atoms with Gasteiger partial charge in [0.2, 0.25) is 5.91 Å². The molecule has 3 aromatic rings. The van der Waals surface area contributed by atoms with Crippen molar-refractivity contribution in [3.8, 4) is 5.75 Å². The van der Waals surface area contributed by atoms with Crippen molar-refractivity contribution in [3.05, 3.63) is 45.2 Å². The zero-order valence-corrected chi connectivity index (χ0v) is 21.9. The normalized spacial score (nSPS) is 11.8. The summed E-state index contributed by atoms with van der Waals surface area (Å²) in [7, 11) is 0. The van der Waals surface area contributed by atoms with Crippen molar-refractivity contribution in [2.75, 3.05) is 17.7 Å².